The van der Waals surface area contributed by atoms with E-state index >= 15 is 0 Å². The number of rotatable bonds is 14. The first-order valence-electron chi connectivity index (χ1n) is 9.26. The fourth-order valence-electron chi connectivity index (χ4n) is 3.02. The van der Waals surface area contributed by atoms with E-state index in [1.807, 2.05) is 6.92 Å². The molecule has 0 spiro atoms. The second-order valence-electron chi connectivity index (χ2n) is 6.63. The topological polar surface area (TPSA) is 40.5 Å². The molecule has 0 aliphatic rings. The van der Waals surface area contributed by atoms with Gasteiger partial charge in [-0.2, -0.15) is 0 Å². The standard InChI is InChI=1S/C18H40NO2/c1-5-9-13-19(14-10-6-2,15-11-7-3)16-12-18(21)17(20)8-4/h17-18,20-21H,5-16H2,1-4H3/q+1. The van der Waals surface area contributed by atoms with Gasteiger partial charge in [-0.3, -0.25) is 0 Å². The van der Waals surface area contributed by atoms with Crippen LogP contribution in [0.25, 0.3) is 0 Å². The Hall–Kier alpha value is -0.120. The van der Waals surface area contributed by atoms with Crippen LogP contribution in [0.15, 0.2) is 0 Å². The van der Waals surface area contributed by atoms with Gasteiger partial charge >= 0.3 is 0 Å². The van der Waals surface area contributed by atoms with E-state index in [-0.39, 0.29) is 0 Å². The molecule has 2 atom stereocenters. The Labute approximate surface area is 133 Å². The van der Waals surface area contributed by atoms with E-state index in [1.165, 1.54) is 58.2 Å². The lowest BCUT2D eigenvalue weighted by Crippen LogP contribution is -2.52. The molecule has 0 bridgehead atoms. The Morgan fingerprint density at radius 2 is 1.10 bits per heavy atom. The Kier molecular flexibility index (Phi) is 12.4. The van der Waals surface area contributed by atoms with Crippen LogP contribution in [0.1, 0.15) is 79.1 Å². The van der Waals surface area contributed by atoms with Crippen LogP contribution in [0.4, 0.5) is 0 Å². The lowest BCUT2D eigenvalue weighted by Gasteiger charge is -2.40. The van der Waals surface area contributed by atoms with E-state index in [0.29, 0.717) is 6.42 Å². The third-order valence-electron chi connectivity index (χ3n) is 4.72. The van der Waals surface area contributed by atoms with E-state index in [9.17, 15) is 10.2 Å². The van der Waals surface area contributed by atoms with Gasteiger partial charge in [-0.1, -0.05) is 47.0 Å². The van der Waals surface area contributed by atoms with Gasteiger partial charge < -0.3 is 14.7 Å². The summed E-state index contributed by atoms with van der Waals surface area (Å²) in [5.41, 5.74) is 0. The Balaban J connectivity index is 4.69. The zero-order valence-electron chi connectivity index (χ0n) is 15.0. The van der Waals surface area contributed by atoms with Crippen LogP contribution < -0.4 is 0 Å². The minimum absolute atomic E-state index is 0.558. The lowest BCUT2D eigenvalue weighted by molar-refractivity contribution is -0.929. The lowest BCUT2D eigenvalue weighted by atomic mass is 10.1. The van der Waals surface area contributed by atoms with Crippen molar-refractivity contribution < 1.29 is 14.7 Å². The molecule has 0 amide bonds. The fraction of sp³-hybridized carbons (Fsp3) is 1.00. The molecule has 0 aliphatic heterocycles. The second kappa shape index (κ2) is 12.4. The van der Waals surface area contributed by atoms with Gasteiger partial charge in [-0.05, 0) is 25.7 Å². The average molecular weight is 303 g/mol. The maximum absolute atomic E-state index is 10.1. The number of hydrogen-bond acceptors (Lipinski definition) is 2. The summed E-state index contributed by atoms with van der Waals surface area (Å²) in [4.78, 5) is 0. The molecule has 0 saturated carbocycles. The molecular formula is C18H40NO2+. The number of unbranched alkanes of at least 4 members (excludes halogenated alkanes) is 3. The summed E-state index contributed by atoms with van der Waals surface area (Å²) in [6.45, 7) is 13.4. The number of aliphatic hydroxyl groups is 2. The third-order valence-corrected chi connectivity index (χ3v) is 4.72. The van der Waals surface area contributed by atoms with Crippen molar-refractivity contribution in [3.8, 4) is 0 Å². The molecule has 0 heterocycles. The van der Waals surface area contributed by atoms with Crippen LogP contribution in [0, 0.1) is 0 Å². The summed E-state index contributed by atoms with van der Waals surface area (Å²) in [5.74, 6) is 0. The van der Waals surface area contributed by atoms with Gasteiger partial charge in [0, 0.05) is 6.42 Å². The molecule has 0 aromatic heterocycles. The smallest absolute Gasteiger partial charge is 0.0852 e. The Morgan fingerprint density at radius 1 is 0.667 bits per heavy atom. The number of quaternary nitrogens is 1. The largest absolute Gasteiger partial charge is 0.390 e. The Morgan fingerprint density at radius 3 is 1.43 bits per heavy atom. The monoisotopic (exact) mass is 302 g/mol. The molecular weight excluding hydrogens is 262 g/mol. The van der Waals surface area contributed by atoms with E-state index in [0.717, 1.165) is 17.4 Å². The van der Waals surface area contributed by atoms with Crippen molar-refractivity contribution in [3.63, 3.8) is 0 Å². The van der Waals surface area contributed by atoms with Crippen molar-refractivity contribution in [3.05, 3.63) is 0 Å². The first kappa shape index (κ1) is 20.9. The van der Waals surface area contributed by atoms with Gasteiger partial charge in [-0.25, -0.2) is 0 Å². The fourth-order valence-corrected chi connectivity index (χ4v) is 3.02. The van der Waals surface area contributed by atoms with Crippen molar-refractivity contribution in [2.24, 2.45) is 0 Å². The molecule has 3 heteroatoms. The normalized spacial score (nSPS) is 15.1. The Bertz CT molecular complexity index is 211. The molecule has 0 radical (unpaired) electrons. The maximum Gasteiger partial charge on any atom is 0.0852 e. The molecule has 2 N–H and O–H groups in total. The van der Waals surface area contributed by atoms with Gasteiger partial charge in [0.1, 0.15) is 0 Å². The number of hydrogen-bond donors (Lipinski definition) is 2. The van der Waals surface area contributed by atoms with E-state index in [4.69, 9.17) is 0 Å². The molecule has 0 fully saturated rings. The third kappa shape index (κ3) is 8.80. The molecule has 21 heavy (non-hydrogen) atoms. The zero-order chi connectivity index (χ0) is 16.1. The number of nitrogens with zero attached hydrogens (tertiary/aromatic N) is 1. The summed E-state index contributed by atoms with van der Waals surface area (Å²) in [6, 6.07) is 0. The predicted octanol–water partition coefficient (Wildman–Crippen LogP) is 3.73. The first-order valence-corrected chi connectivity index (χ1v) is 9.26. The molecule has 0 aromatic rings. The minimum atomic E-state index is -0.560. The second-order valence-corrected chi connectivity index (χ2v) is 6.63. The first-order chi connectivity index (χ1) is 10.0. The minimum Gasteiger partial charge on any atom is -0.390 e. The molecule has 128 valence electrons. The summed E-state index contributed by atoms with van der Waals surface area (Å²) in [6.07, 6.45) is 7.74. The highest BCUT2D eigenvalue weighted by Gasteiger charge is 2.27. The van der Waals surface area contributed by atoms with Crippen molar-refractivity contribution in [2.45, 2.75) is 91.3 Å². The highest BCUT2D eigenvalue weighted by atomic mass is 16.3. The van der Waals surface area contributed by atoms with Crippen molar-refractivity contribution in [2.75, 3.05) is 26.2 Å². The summed E-state index contributed by atoms with van der Waals surface area (Å²) >= 11 is 0. The summed E-state index contributed by atoms with van der Waals surface area (Å²) in [5, 5.41) is 19.9. The molecule has 3 nitrogen and oxygen atoms in total. The van der Waals surface area contributed by atoms with Crippen LogP contribution in [-0.4, -0.2) is 53.1 Å². The van der Waals surface area contributed by atoms with E-state index in [2.05, 4.69) is 20.8 Å². The van der Waals surface area contributed by atoms with E-state index in [1.54, 1.807) is 0 Å². The van der Waals surface area contributed by atoms with Crippen molar-refractivity contribution in [1.82, 2.24) is 0 Å². The number of aliphatic hydroxyl groups excluding tert-OH is 2. The molecule has 2 unspecified atom stereocenters. The van der Waals surface area contributed by atoms with Gasteiger partial charge in [0.2, 0.25) is 0 Å². The SMILES string of the molecule is CCCC[N+](CCCC)(CCCC)CCC(O)C(O)CC. The van der Waals surface area contributed by atoms with E-state index < -0.39 is 12.2 Å². The van der Waals surface area contributed by atoms with Gasteiger partial charge in [0.15, 0.2) is 0 Å². The quantitative estimate of drug-likeness (QED) is 0.480. The highest BCUT2D eigenvalue weighted by molar-refractivity contribution is 4.65. The molecule has 0 rings (SSSR count). The van der Waals surface area contributed by atoms with Crippen LogP contribution in [0.5, 0.6) is 0 Å². The van der Waals surface area contributed by atoms with Gasteiger partial charge in [0.25, 0.3) is 0 Å². The van der Waals surface area contributed by atoms with Gasteiger partial charge in [0.05, 0.1) is 38.4 Å². The summed E-state index contributed by atoms with van der Waals surface area (Å²) < 4.78 is 1.14. The molecule has 0 saturated heterocycles. The van der Waals surface area contributed by atoms with Crippen LogP contribution in [0.3, 0.4) is 0 Å². The van der Waals surface area contributed by atoms with Crippen LogP contribution >= 0.6 is 0 Å². The molecule has 0 aromatic carbocycles. The zero-order valence-corrected chi connectivity index (χ0v) is 15.0. The highest BCUT2D eigenvalue weighted by Crippen LogP contribution is 2.17. The van der Waals surface area contributed by atoms with Crippen molar-refractivity contribution >= 4 is 0 Å². The van der Waals surface area contributed by atoms with Crippen molar-refractivity contribution in [1.29, 1.82) is 0 Å². The summed E-state index contributed by atoms with van der Waals surface area (Å²) in [7, 11) is 0. The van der Waals surface area contributed by atoms with Crippen LogP contribution in [-0.2, 0) is 0 Å². The maximum atomic E-state index is 10.1. The predicted molar refractivity (Wildman–Crippen MR) is 91.4 cm³/mol. The average Bonchev–Trinajstić information content (AvgIpc) is 2.52. The molecule has 0 aliphatic carbocycles. The van der Waals surface area contributed by atoms with Crippen LogP contribution in [0.2, 0.25) is 0 Å². The van der Waals surface area contributed by atoms with Gasteiger partial charge in [-0.15, -0.1) is 0 Å².